The maximum Gasteiger partial charge on any atom is 0.0504 e. The molecule has 1 heteroatoms. The summed E-state index contributed by atoms with van der Waals surface area (Å²) in [6.45, 7) is 4.36. The average Bonchev–Trinajstić information content (AvgIpc) is 3.01. The summed E-state index contributed by atoms with van der Waals surface area (Å²) in [5.74, 6) is 0. The number of rotatable bonds is 0. The lowest BCUT2D eigenvalue weighted by Gasteiger charge is -2.34. The molecule has 0 fully saturated rings. The Kier molecular flexibility index (Phi) is 3.80. The molecule has 0 radical (unpaired) electrons. The molecule has 3 aromatic rings. The highest BCUT2D eigenvalue weighted by atomic mass is 79.9. The third-order valence-electron chi connectivity index (χ3n) is 5.82. The third kappa shape index (κ3) is 2.35. The molecule has 0 aliphatic heterocycles. The zero-order valence-electron chi connectivity index (χ0n) is 15.0. The molecule has 0 saturated heterocycles. The van der Waals surface area contributed by atoms with Crippen molar-refractivity contribution in [2.24, 2.45) is 0 Å². The SMILES string of the molecule is C=C1/C=C\C=C/CC2(c3ccc(Br)cc31)c1ccccc1-c1ccccc12. The predicted octanol–water partition coefficient (Wildman–Crippen LogP) is 7.29. The van der Waals surface area contributed by atoms with Crippen LogP contribution in [0.5, 0.6) is 0 Å². The van der Waals surface area contributed by atoms with Crippen molar-refractivity contribution in [2.75, 3.05) is 0 Å². The van der Waals surface area contributed by atoms with Gasteiger partial charge < -0.3 is 0 Å². The molecule has 0 unspecified atom stereocenters. The topological polar surface area (TPSA) is 0 Å². The van der Waals surface area contributed by atoms with Gasteiger partial charge in [-0.3, -0.25) is 0 Å². The fourth-order valence-corrected chi connectivity index (χ4v) is 5.05. The van der Waals surface area contributed by atoms with Gasteiger partial charge in [0.15, 0.2) is 0 Å². The lowest BCUT2D eigenvalue weighted by atomic mass is 9.68. The summed E-state index contributed by atoms with van der Waals surface area (Å²) in [5, 5.41) is 0. The van der Waals surface area contributed by atoms with Crippen LogP contribution in [-0.4, -0.2) is 0 Å². The van der Waals surface area contributed by atoms with Gasteiger partial charge >= 0.3 is 0 Å². The Labute approximate surface area is 168 Å². The summed E-state index contributed by atoms with van der Waals surface area (Å²) in [6.07, 6.45) is 9.57. The van der Waals surface area contributed by atoms with Gasteiger partial charge in [0.05, 0.1) is 5.41 Å². The molecule has 1 spiro atoms. The molecule has 0 nitrogen and oxygen atoms in total. The van der Waals surface area contributed by atoms with Crippen LogP contribution in [0.1, 0.15) is 28.7 Å². The van der Waals surface area contributed by atoms with E-state index in [0.717, 1.165) is 16.5 Å². The molecule has 2 aliphatic rings. The molecule has 2 aliphatic carbocycles. The number of hydrogen-bond acceptors (Lipinski definition) is 0. The van der Waals surface area contributed by atoms with Crippen LogP contribution in [0.15, 0.2) is 102 Å². The van der Waals surface area contributed by atoms with Crippen molar-refractivity contribution >= 4 is 21.5 Å². The molecule has 130 valence electrons. The first kappa shape index (κ1) is 16.5. The first-order valence-corrected chi connectivity index (χ1v) is 10.0. The molecule has 0 amide bonds. The summed E-state index contributed by atoms with van der Waals surface area (Å²) in [4.78, 5) is 0. The fourth-order valence-electron chi connectivity index (χ4n) is 4.68. The molecule has 3 aromatic carbocycles. The van der Waals surface area contributed by atoms with Gasteiger partial charge in [-0.2, -0.15) is 0 Å². The smallest absolute Gasteiger partial charge is 0.0504 e. The number of benzene rings is 3. The summed E-state index contributed by atoms with van der Waals surface area (Å²) in [5.41, 5.74) is 8.82. The first-order chi connectivity index (χ1) is 13.2. The molecule has 27 heavy (non-hydrogen) atoms. The van der Waals surface area contributed by atoms with Crippen LogP contribution in [0.2, 0.25) is 0 Å². The molecule has 5 rings (SSSR count). The summed E-state index contributed by atoms with van der Waals surface area (Å²) in [6, 6.07) is 24.3. The van der Waals surface area contributed by atoms with E-state index >= 15 is 0 Å². The zero-order chi connectivity index (χ0) is 18.4. The van der Waals surface area contributed by atoms with Crippen molar-refractivity contribution in [3.05, 3.63) is 124 Å². The van der Waals surface area contributed by atoms with Gasteiger partial charge in [-0.25, -0.2) is 0 Å². The van der Waals surface area contributed by atoms with Crippen molar-refractivity contribution in [2.45, 2.75) is 11.8 Å². The lowest BCUT2D eigenvalue weighted by Crippen LogP contribution is -2.27. The maximum absolute atomic E-state index is 4.36. The minimum atomic E-state index is -0.200. The zero-order valence-corrected chi connectivity index (χ0v) is 16.5. The molecule has 0 atom stereocenters. The number of hydrogen-bond donors (Lipinski definition) is 0. The van der Waals surface area contributed by atoms with E-state index in [0.29, 0.717) is 0 Å². The summed E-state index contributed by atoms with van der Waals surface area (Å²) < 4.78 is 1.08. The summed E-state index contributed by atoms with van der Waals surface area (Å²) in [7, 11) is 0. The van der Waals surface area contributed by atoms with Crippen molar-refractivity contribution in [1.82, 2.24) is 0 Å². The predicted molar refractivity (Wildman–Crippen MR) is 118 cm³/mol. The second-order valence-electron chi connectivity index (χ2n) is 7.20. The Morgan fingerprint density at radius 1 is 0.741 bits per heavy atom. The van der Waals surface area contributed by atoms with Crippen LogP contribution >= 0.6 is 15.9 Å². The fraction of sp³-hybridized carbons (Fsp3) is 0.0769. The van der Waals surface area contributed by atoms with E-state index in [2.05, 4.69) is 114 Å². The number of halogens is 1. The van der Waals surface area contributed by atoms with Gasteiger partial charge in [0.2, 0.25) is 0 Å². The minimum absolute atomic E-state index is 0.200. The third-order valence-corrected chi connectivity index (χ3v) is 6.31. The quantitative estimate of drug-likeness (QED) is 0.364. The highest BCUT2D eigenvalue weighted by Crippen LogP contribution is 2.56. The highest BCUT2D eigenvalue weighted by Gasteiger charge is 2.44. The molecular formula is C26H19Br. The van der Waals surface area contributed by atoms with E-state index in [4.69, 9.17) is 0 Å². The highest BCUT2D eigenvalue weighted by molar-refractivity contribution is 9.10. The monoisotopic (exact) mass is 410 g/mol. The van der Waals surface area contributed by atoms with E-state index in [1.165, 1.54) is 33.4 Å². The van der Waals surface area contributed by atoms with Crippen LogP contribution in [0.25, 0.3) is 16.7 Å². The standard InChI is InChI=1S/C26H19Br/c1-18-9-3-2-8-16-26(25-15-14-19(27)17-22(18)25)23-12-6-4-10-20(23)21-11-5-7-13-24(21)26/h2-15,17H,1,16H2/b8-2-,9-3-. The number of allylic oxidation sites excluding steroid dienone is 5. The van der Waals surface area contributed by atoms with Gasteiger partial charge in [-0.1, -0.05) is 101 Å². The lowest BCUT2D eigenvalue weighted by molar-refractivity contribution is 0.643. The second-order valence-corrected chi connectivity index (χ2v) is 8.12. The van der Waals surface area contributed by atoms with Crippen LogP contribution in [0, 0.1) is 0 Å². The van der Waals surface area contributed by atoms with Gasteiger partial charge in [-0.05, 0) is 57.5 Å². The Morgan fingerprint density at radius 2 is 1.37 bits per heavy atom. The molecule has 0 heterocycles. The number of fused-ring (bicyclic) bond motifs is 7. The Hall–Kier alpha value is -2.64. The molecule has 0 N–H and O–H groups in total. The van der Waals surface area contributed by atoms with E-state index < -0.39 is 0 Å². The normalized spacial score (nSPS) is 18.6. The second kappa shape index (κ2) is 6.21. The summed E-state index contributed by atoms with van der Waals surface area (Å²) >= 11 is 3.66. The largest absolute Gasteiger partial charge is 0.0911 e. The molecule has 0 bridgehead atoms. The van der Waals surface area contributed by atoms with E-state index in [1.807, 2.05) is 0 Å². The molecule has 0 aromatic heterocycles. The van der Waals surface area contributed by atoms with Crippen molar-refractivity contribution in [3.63, 3.8) is 0 Å². The molecular weight excluding hydrogens is 392 g/mol. The Bertz CT molecular complexity index is 1080. The van der Waals surface area contributed by atoms with Crippen LogP contribution < -0.4 is 0 Å². The van der Waals surface area contributed by atoms with Gasteiger partial charge in [0.25, 0.3) is 0 Å². The van der Waals surface area contributed by atoms with E-state index in [9.17, 15) is 0 Å². The maximum atomic E-state index is 4.36. The van der Waals surface area contributed by atoms with Crippen LogP contribution in [0.3, 0.4) is 0 Å². The Balaban J connectivity index is 1.94. The Morgan fingerprint density at radius 3 is 2.07 bits per heavy atom. The van der Waals surface area contributed by atoms with Crippen LogP contribution in [0.4, 0.5) is 0 Å². The molecule has 0 saturated carbocycles. The first-order valence-electron chi connectivity index (χ1n) is 9.24. The van der Waals surface area contributed by atoms with Crippen molar-refractivity contribution < 1.29 is 0 Å². The van der Waals surface area contributed by atoms with Crippen LogP contribution in [-0.2, 0) is 5.41 Å². The van der Waals surface area contributed by atoms with E-state index in [-0.39, 0.29) is 5.41 Å². The van der Waals surface area contributed by atoms with E-state index in [1.54, 1.807) is 0 Å². The van der Waals surface area contributed by atoms with Gasteiger partial charge in [0, 0.05) is 4.47 Å². The van der Waals surface area contributed by atoms with Crippen molar-refractivity contribution in [3.8, 4) is 11.1 Å². The van der Waals surface area contributed by atoms with Gasteiger partial charge in [0.1, 0.15) is 0 Å². The van der Waals surface area contributed by atoms with Gasteiger partial charge in [-0.15, -0.1) is 0 Å². The average molecular weight is 411 g/mol. The minimum Gasteiger partial charge on any atom is -0.0911 e. The van der Waals surface area contributed by atoms with Crippen molar-refractivity contribution in [1.29, 1.82) is 0 Å².